The summed E-state index contributed by atoms with van der Waals surface area (Å²) >= 11 is 0. The van der Waals surface area contributed by atoms with Gasteiger partial charge in [-0.05, 0) is 73.0 Å². The first kappa shape index (κ1) is 16.7. The minimum absolute atomic E-state index is 0.0537. The number of ether oxygens (including phenoxy) is 1. The number of allylic oxidation sites excluding steroid dienone is 2. The molecular formula is C25H32O3. The molecule has 1 aliphatic heterocycles. The van der Waals surface area contributed by atoms with Crippen molar-refractivity contribution >= 4 is 11.8 Å². The number of fused-ring (bicyclic) bond motifs is 11. The quantitative estimate of drug-likeness (QED) is 0.452. The van der Waals surface area contributed by atoms with Gasteiger partial charge in [-0.3, -0.25) is 9.59 Å². The molecular weight excluding hydrogens is 348 g/mol. The van der Waals surface area contributed by atoms with Gasteiger partial charge in [0.2, 0.25) is 0 Å². The van der Waals surface area contributed by atoms with Crippen LogP contribution in [0.2, 0.25) is 0 Å². The van der Waals surface area contributed by atoms with Crippen LogP contribution in [0.4, 0.5) is 0 Å². The SMILES string of the molecule is CC1C[C@@]2(C)C(C3C1[C@@]1(C)CCC(=O)CC1=C1C[C@@H]13)[C@@H]1C[C@@H]1[C@@]21CCC(=O)O1. The van der Waals surface area contributed by atoms with Crippen molar-refractivity contribution in [2.75, 3.05) is 0 Å². The second kappa shape index (κ2) is 4.62. The molecule has 7 aliphatic rings. The highest BCUT2D eigenvalue weighted by molar-refractivity contribution is 5.83. The topological polar surface area (TPSA) is 43.4 Å². The van der Waals surface area contributed by atoms with Gasteiger partial charge in [-0.1, -0.05) is 31.9 Å². The van der Waals surface area contributed by atoms with Crippen molar-refractivity contribution in [1.29, 1.82) is 0 Å². The Balaban J connectivity index is 1.37. The maximum atomic E-state index is 12.3. The van der Waals surface area contributed by atoms with E-state index >= 15 is 0 Å². The summed E-state index contributed by atoms with van der Waals surface area (Å²) < 4.78 is 6.26. The van der Waals surface area contributed by atoms with Gasteiger partial charge < -0.3 is 4.74 Å². The van der Waals surface area contributed by atoms with Crippen LogP contribution in [-0.4, -0.2) is 17.4 Å². The number of ketones is 1. The van der Waals surface area contributed by atoms with Crippen LogP contribution >= 0.6 is 0 Å². The van der Waals surface area contributed by atoms with E-state index in [1.54, 1.807) is 11.1 Å². The monoisotopic (exact) mass is 380 g/mol. The summed E-state index contributed by atoms with van der Waals surface area (Å²) in [4.78, 5) is 24.5. The number of carbonyl (C=O) groups excluding carboxylic acids is 2. The normalized spacial score (nSPS) is 60.6. The first-order valence-corrected chi connectivity index (χ1v) is 11.8. The predicted molar refractivity (Wildman–Crippen MR) is 104 cm³/mol. The largest absolute Gasteiger partial charge is 0.458 e. The van der Waals surface area contributed by atoms with Crippen molar-refractivity contribution in [2.24, 2.45) is 52.3 Å². The van der Waals surface area contributed by atoms with E-state index in [0.29, 0.717) is 24.0 Å². The van der Waals surface area contributed by atoms with Crippen LogP contribution in [0.25, 0.3) is 0 Å². The van der Waals surface area contributed by atoms with E-state index in [1.807, 2.05) is 0 Å². The summed E-state index contributed by atoms with van der Waals surface area (Å²) in [6.45, 7) is 7.50. The lowest BCUT2D eigenvalue weighted by atomic mass is 9.43. The molecule has 7 rings (SSSR count). The third-order valence-corrected chi connectivity index (χ3v) is 11.1. The maximum Gasteiger partial charge on any atom is 0.306 e. The highest BCUT2D eigenvalue weighted by Crippen LogP contribution is 2.82. The molecule has 4 unspecified atom stereocenters. The molecule has 0 bridgehead atoms. The molecule has 1 saturated heterocycles. The lowest BCUT2D eigenvalue weighted by Crippen LogP contribution is -2.59. The van der Waals surface area contributed by atoms with E-state index in [4.69, 9.17) is 4.74 Å². The van der Waals surface area contributed by atoms with E-state index in [9.17, 15) is 9.59 Å². The summed E-state index contributed by atoms with van der Waals surface area (Å²) in [7, 11) is 0. The van der Waals surface area contributed by atoms with Crippen molar-refractivity contribution in [3.63, 3.8) is 0 Å². The van der Waals surface area contributed by atoms with E-state index in [-0.39, 0.29) is 22.4 Å². The molecule has 0 radical (unpaired) electrons. The van der Waals surface area contributed by atoms with Gasteiger partial charge in [0.05, 0.1) is 0 Å². The van der Waals surface area contributed by atoms with Crippen LogP contribution < -0.4 is 0 Å². The van der Waals surface area contributed by atoms with Gasteiger partial charge in [-0.2, -0.15) is 0 Å². The lowest BCUT2D eigenvalue weighted by Gasteiger charge is -2.62. The molecule has 0 aromatic rings. The fraction of sp³-hybridized carbons (Fsp3) is 0.840. The molecule has 5 saturated carbocycles. The fourth-order valence-corrected chi connectivity index (χ4v) is 10.3. The molecule has 1 spiro atoms. The van der Waals surface area contributed by atoms with E-state index in [1.165, 1.54) is 19.3 Å². The second-order valence-corrected chi connectivity index (χ2v) is 12.0. The lowest BCUT2D eigenvalue weighted by molar-refractivity contribution is -0.183. The third kappa shape index (κ3) is 1.61. The average Bonchev–Trinajstić information content (AvgIpc) is 3.53. The number of hydrogen-bond donors (Lipinski definition) is 0. The summed E-state index contributed by atoms with van der Waals surface area (Å²) in [5.74, 6) is 5.53. The Morgan fingerprint density at radius 1 is 1.07 bits per heavy atom. The Morgan fingerprint density at radius 2 is 1.89 bits per heavy atom. The summed E-state index contributed by atoms with van der Waals surface area (Å²) in [5, 5.41) is 0. The van der Waals surface area contributed by atoms with Crippen LogP contribution in [0.15, 0.2) is 11.1 Å². The minimum atomic E-state index is -0.152. The third-order valence-electron chi connectivity index (χ3n) is 11.1. The Labute approximate surface area is 167 Å². The molecule has 3 nitrogen and oxygen atoms in total. The van der Waals surface area contributed by atoms with Gasteiger partial charge in [-0.15, -0.1) is 0 Å². The molecule has 28 heavy (non-hydrogen) atoms. The van der Waals surface area contributed by atoms with Crippen LogP contribution in [-0.2, 0) is 14.3 Å². The number of carbonyl (C=O) groups is 2. The standard InChI is InChI=1S/C25H32O3/c1-12-11-24(3)22(16-10-18(16)25(24)7-5-19(27)28-25)20-15-9-14(15)17-8-13(26)4-6-23(17,2)21(12)20/h12,15-16,18,20-22H,4-11H2,1-3H3/t12?,15-,16+,18-,20?,21?,22?,23-,24-,25-/m0/s1. The molecule has 3 heteroatoms. The fourth-order valence-electron chi connectivity index (χ4n) is 10.3. The van der Waals surface area contributed by atoms with Gasteiger partial charge in [0.15, 0.2) is 0 Å². The smallest absolute Gasteiger partial charge is 0.306 e. The van der Waals surface area contributed by atoms with Crippen molar-refractivity contribution in [3.8, 4) is 0 Å². The van der Waals surface area contributed by atoms with Gasteiger partial charge >= 0.3 is 5.97 Å². The summed E-state index contributed by atoms with van der Waals surface area (Å²) in [6, 6.07) is 0. The predicted octanol–water partition coefficient (Wildman–Crippen LogP) is 4.70. The van der Waals surface area contributed by atoms with Crippen LogP contribution in [0, 0.1) is 52.3 Å². The molecule has 6 aliphatic carbocycles. The van der Waals surface area contributed by atoms with Crippen LogP contribution in [0.3, 0.4) is 0 Å². The molecule has 0 aromatic carbocycles. The number of esters is 1. The summed E-state index contributed by atoms with van der Waals surface area (Å²) in [6.07, 6.45) is 7.94. The van der Waals surface area contributed by atoms with Gasteiger partial charge in [0, 0.05) is 30.6 Å². The zero-order valence-electron chi connectivity index (χ0n) is 17.4. The van der Waals surface area contributed by atoms with Crippen molar-refractivity contribution < 1.29 is 14.3 Å². The molecule has 1 heterocycles. The van der Waals surface area contributed by atoms with Gasteiger partial charge in [0.25, 0.3) is 0 Å². The highest BCUT2D eigenvalue weighted by atomic mass is 16.6. The van der Waals surface area contributed by atoms with Crippen LogP contribution in [0.1, 0.15) is 72.1 Å². The molecule has 6 fully saturated rings. The number of rotatable bonds is 0. The molecule has 0 aromatic heterocycles. The maximum absolute atomic E-state index is 12.3. The molecule has 150 valence electrons. The zero-order valence-corrected chi connectivity index (χ0v) is 17.4. The molecule has 0 N–H and O–H groups in total. The Kier molecular flexibility index (Phi) is 2.75. The van der Waals surface area contributed by atoms with Crippen molar-refractivity contribution in [3.05, 3.63) is 11.1 Å². The first-order chi connectivity index (χ1) is 13.3. The Bertz CT molecular complexity index is 871. The number of hydrogen-bond acceptors (Lipinski definition) is 3. The Hall–Kier alpha value is -1.12. The average molecular weight is 381 g/mol. The van der Waals surface area contributed by atoms with Gasteiger partial charge in [0.1, 0.15) is 11.4 Å². The molecule has 10 atom stereocenters. The van der Waals surface area contributed by atoms with Crippen LogP contribution in [0.5, 0.6) is 0 Å². The second-order valence-electron chi connectivity index (χ2n) is 12.0. The number of Topliss-reactive ketones (excluding diaryl/α,β-unsaturated/α-hetero) is 1. The Morgan fingerprint density at radius 3 is 2.64 bits per heavy atom. The minimum Gasteiger partial charge on any atom is -0.458 e. The first-order valence-electron chi connectivity index (χ1n) is 11.8. The highest BCUT2D eigenvalue weighted by Gasteiger charge is 2.81. The zero-order chi connectivity index (χ0) is 19.2. The van der Waals surface area contributed by atoms with E-state index < -0.39 is 0 Å². The van der Waals surface area contributed by atoms with Crippen molar-refractivity contribution in [1.82, 2.24) is 0 Å². The van der Waals surface area contributed by atoms with Gasteiger partial charge in [-0.25, -0.2) is 0 Å². The summed E-state index contributed by atoms with van der Waals surface area (Å²) in [5.41, 5.74) is 3.50. The van der Waals surface area contributed by atoms with E-state index in [0.717, 1.165) is 55.3 Å². The van der Waals surface area contributed by atoms with Crippen molar-refractivity contribution in [2.45, 2.75) is 77.7 Å². The van der Waals surface area contributed by atoms with E-state index in [2.05, 4.69) is 20.8 Å². The molecule has 0 amide bonds.